The second kappa shape index (κ2) is 7.16. The molecule has 4 nitrogen and oxygen atoms in total. The summed E-state index contributed by atoms with van der Waals surface area (Å²) in [5.41, 5.74) is 1.28. The second-order valence-corrected chi connectivity index (χ2v) is 5.11. The van der Waals surface area contributed by atoms with E-state index in [4.69, 9.17) is 12.2 Å². The van der Waals surface area contributed by atoms with Crippen LogP contribution in [0.3, 0.4) is 0 Å². The van der Waals surface area contributed by atoms with E-state index in [0.29, 0.717) is 10.9 Å². The molecule has 0 aliphatic rings. The average molecular weight is 337 g/mol. The monoisotopic (exact) mass is 336 g/mol. The van der Waals surface area contributed by atoms with Gasteiger partial charge >= 0.3 is 0 Å². The Morgan fingerprint density at radius 1 is 1.21 bits per heavy atom. The lowest BCUT2D eigenvalue weighted by atomic mass is 10.1. The third-order valence-electron chi connectivity index (χ3n) is 2.45. The summed E-state index contributed by atoms with van der Waals surface area (Å²) in [4.78, 5) is 0. The molecule has 98 valence electrons. The van der Waals surface area contributed by atoms with Crippen molar-refractivity contribution in [2.45, 2.75) is 6.42 Å². The number of nitrogens with zero attached hydrogens (tertiary/aromatic N) is 2. The largest absolute Gasteiger partial charge is 0.362 e. The first kappa shape index (κ1) is 13.9. The molecule has 0 radical (unpaired) electrons. The zero-order chi connectivity index (χ0) is 13.5. The molecular formula is C13H13BrN4S. The molecule has 0 fully saturated rings. The molecule has 19 heavy (non-hydrogen) atoms. The van der Waals surface area contributed by atoms with Gasteiger partial charge in [-0.3, -0.25) is 0 Å². The van der Waals surface area contributed by atoms with Gasteiger partial charge in [0.1, 0.15) is 0 Å². The lowest BCUT2D eigenvalue weighted by Gasteiger charge is -2.10. The number of nitrogens with one attached hydrogen (secondary N) is 2. The minimum absolute atomic E-state index is 0.539. The molecule has 1 aromatic carbocycles. The van der Waals surface area contributed by atoms with E-state index in [2.05, 4.69) is 48.9 Å². The van der Waals surface area contributed by atoms with Crippen LogP contribution in [0.15, 0.2) is 47.1 Å². The molecule has 0 amide bonds. The number of rotatable bonds is 4. The average Bonchev–Trinajstić information content (AvgIpc) is 2.43. The molecular weight excluding hydrogens is 324 g/mol. The summed E-state index contributed by atoms with van der Waals surface area (Å²) in [6.07, 6.45) is 2.53. The van der Waals surface area contributed by atoms with Gasteiger partial charge < -0.3 is 10.6 Å². The number of hydrogen-bond donors (Lipinski definition) is 2. The van der Waals surface area contributed by atoms with E-state index in [1.165, 1.54) is 5.56 Å². The zero-order valence-electron chi connectivity index (χ0n) is 10.1. The van der Waals surface area contributed by atoms with Gasteiger partial charge in [-0.25, -0.2) is 0 Å². The molecule has 0 saturated heterocycles. The van der Waals surface area contributed by atoms with Gasteiger partial charge in [0.25, 0.3) is 0 Å². The predicted octanol–water partition coefficient (Wildman–Crippen LogP) is 2.77. The summed E-state index contributed by atoms with van der Waals surface area (Å²) in [7, 11) is 0. The van der Waals surface area contributed by atoms with Crippen molar-refractivity contribution in [3.05, 3.63) is 52.6 Å². The smallest absolute Gasteiger partial charge is 0.172 e. The Kier molecular flexibility index (Phi) is 5.23. The normalized spacial score (nSPS) is 9.95. The van der Waals surface area contributed by atoms with Gasteiger partial charge in [0.05, 0.1) is 10.7 Å². The van der Waals surface area contributed by atoms with E-state index < -0.39 is 0 Å². The maximum absolute atomic E-state index is 5.20. The fourth-order valence-electron chi connectivity index (χ4n) is 1.52. The molecule has 0 aliphatic heterocycles. The maximum Gasteiger partial charge on any atom is 0.172 e. The molecule has 6 heteroatoms. The lowest BCUT2D eigenvalue weighted by Crippen LogP contribution is -2.30. The van der Waals surface area contributed by atoms with Crippen molar-refractivity contribution in [1.82, 2.24) is 15.5 Å². The number of anilines is 1. The van der Waals surface area contributed by atoms with E-state index in [1.54, 1.807) is 6.20 Å². The lowest BCUT2D eigenvalue weighted by molar-refractivity contribution is 0.872. The first-order chi connectivity index (χ1) is 9.25. The fourth-order valence-corrected chi connectivity index (χ4v) is 2.01. The predicted molar refractivity (Wildman–Crippen MR) is 84.1 cm³/mol. The van der Waals surface area contributed by atoms with Crippen molar-refractivity contribution in [2.75, 3.05) is 11.9 Å². The van der Waals surface area contributed by atoms with Crippen LogP contribution in [-0.2, 0) is 6.42 Å². The quantitative estimate of drug-likeness (QED) is 0.841. The Morgan fingerprint density at radius 2 is 2.00 bits per heavy atom. The third-order valence-corrected chi connectivity index (χ3v) is 3.33. The molecule has 2 aromatic rings. The van der Waals surface area contributed by atoms with Crippen LogP contribution in [0.1, 0.15) is 5.56 Å². The van der Waals surface area contributed by atoms with Gasteiger partial charge in [-0.05, 0) is 46.2 Å². The first-order valence-electron chi connectivity index (χ1n) is 5.81. The number of halogens is 1. The Balaban J connectivity index is 1.78. The standard InChI is InChI=1S/C13H13BrN4S/c14-11-7-9-16-18-12(11)17-13(19)15-8-6-10-4-2-1-3-5-10/h1-5,7,9H,6,8H2,(H2,15,17,18,19). The molecule has 1 aromatic heterocycles. The minimum Gasteiger partial charge on any atom is -0.362 e. The Bertz CT molecular complexity index is 547. The maximum atomic E-state index is 5.20. The van der Waals surface area contributed by atoms with Crippen LogP contribution in [0.4, 0.5) is 5.82 Å². The van der Waals surface area contributed by atoms with Gasteiger partial charge in [-0.1, -0.05) is 30.3 Å². The van der Waals surface area contributed by atoms with Crippen molar-refractivity contribution in [1.29, 1.82) is 0 Å². The summed E-state index contributed by atoms with van der Waals surface area (Å²) in [5, 5.41) is 14.4. The van der Waals surface area contributed by atoms with Crippen molar-refractivity contribution < 1.29 is 0 Å². The number of hydrogen-bond acceptors (Lipinski definition) is 3. The van der Waals surface area contributed by atoms with Crippen molar-refractivity contribution in [3.63, 3.8) is 0 Å². The van der Waals surface area contributed by atoms with Crippen LogP contribution in [0.5, 0.6) is 0 Å². The Labute approximate surface area is 125 Å². The van der Waals surface area contributed by atoms with Crippen molar-refractivity contribution in [2.24, 2.45) is 0 Å². The summed E-state index contributed by atoms with van der Waals surface area (Å²) < 4.78 is 0.828. The van der Waals surface area contributed by atoms with Crippen LogP contribution < -0.4 is 10.6 Å². The molecule has 2 rings (SSSR count). The van der Waals surface area contributed by atoms with E-state index in [9.17, 15) is 0 Å². The Hall–Kier alpha value is -1.53. The highest BCUT2D eigenvalue weighted by atomic mass is 79.9. The second-order valence-electron chi connectivity index (χ2n) is 3.84. The van der Waals surface area contributed by atoms with Crippen LogP contribution in [0, 0.1) is 0 Å². The van der Waals surface area contributed by atoms with Crippen LogP contribution >= 0.6 is 28.1 Å². The van der Waals surface area contributed by atoms with Gasteiger partial charge in [0, 0.05) is 6.54 Å². The van der Waals surface area contributed by atoms with E-state index in [1.807, 2.05) is 24.3 Å². The number of benzene rings is 1. The molecule has 0 spiro atoms. The summed E-state index contributed by atoms with van der Waals surface area (Å²) in [6, 6.07) is 12.1. The molecule has 0 aliphatic carbocycles. The number of thiocarbonyl (C=S) groups is 1. The zero-order valence-corrected chi connectivity index (χ0v) is 12.5. The molecule has 1 heterocycles. The summed E-state index contributed by atoms with van der Waals surface area (Å²) >= 11 is 8.58. The molecule has 0 atom stereocenters. The van der Waals surface area contributed by atoms with Gasteiger partial charge in [-0.2, -0.15) is 5.10 Å². The van der Waals surface area contributed by atoms with Crippen molar-refractivity contribution in [3.8, 4) is 0 Å². The Morgan fingerprint density at radius 3 is 2.74 bits per heavy atom. The van der Waals surface area contributed by atoms with Crippen molar-refractivity contribution >= 4 is 39.1 Å². The van der Waals surface area contributed by atoms with Gasteiger partial charge in [0.2, 0.25) is 0 Å². The van der Waals surface area contributed by atoms with E-state index in [0.717, 1.165) is 17.4 Å². The minimum atomic E-state index is 0.539. The fraction of sp³-hybridized carbons (Fsp3) is 0.154. The molecule has 0 unspecified atom stereocenters. The molecule has 0 saturated carbocycles. The topological polar surface area (TPSA) is 49.8 Å². The summed E-state index contributed by atoms with van der Waals surface area (Å²) in [5.74, 6) is 0.611. The highest BCUT2D eigenvalue weighted by Crippen LogP contribution is 2.16. The van der Waals surface area contributed by atoms with Crippen LogP contribution in [0.25, 0.3) is 0 Å². The van der Waals surface area contributed by atoms with Gasteiger partial charge in [-0.15, -0.1) is 5.10 Å². The van der Waals surface area contributed by atoms with E-state index in [-0.39, 0.29) is 0 Å². The van der Waals surface area contributed by atoms with Crippen LogP contribution in [-0.4, -0.2) is 21.9 Å². The molecule has 0 bridgehead atoms. The first-order valence-corrected chi connectivity index (χ1v) is 7.02. The highest BCUT2D eigenvalue weighted by Gasteiger charge is 2.03. The SMILES string of the molecule is S=C(NCCc1ccccc1)Nc1nnccc1Br. The third kappa shape index (κ3) is 4.57. The molecule has 2 N–H and O–H groups in total. The van der Waals surface area contributed by atoms with Gasteiger partial charge in [0.15, 0.2) is 10.9 Å². The van der Waals surface area contributed by atoms with Crippen LogP contribution in [0.2, 0.25) is 0 Å². The number of aromatic nitrogens is 2. The van der Waals surface area contributed by atoms with E-state index >= 15 is 0 Å². The highest BCUT2D eigenvalue weighted by molar-refractivity contribution is 9.10. The summed E-state index contributed by atoms with van der Waals surface area (Å²) in [6.45, 7) is 0.772.